The summed E-state index contributed by atoms with van der Waals surface area (Å²) >= 11 is 0. The van der Waals surface area contributed by atoms with Gasteiger partial charge in [0.1, 0.15) is 11.4 Å². The molecule has 0 radical (unpaired) electrons. The zero-order chi connectivity index (χ0) is 21.1. The molecule has 8 heteroatoms. The summed E-state index contributed by atoms with van der Waals surface area (Å²) in [4.78, 5) is 39.3. The Kier molecular flexibility index (Phi) is 5.31. The van der Waals surface area contributed by atoms with Gasteiger partial charge in [-0.05, 0) is 30.7 Å². The Bertz CT molecular complexity index is 993. The van der Waals surface area contributed by atoms with Gasteiger partial charge in [0, 0.05) is 25.1 Å². The largest absolute Gasteiger partial charge is 0.495 e. The van der Waals surface area contributed by atoms with E-state index < -0.39 is 5.66 Å². The van der Waals surface area contributed by atoms with Gasteiger partial charge in [-0.15, -0.1) is 0 Å². The van der Waals surface area contributed by atoms with Crippen LogP contribution in [0.25, 0.3) is 0 Å². The zero-order valence-corrected chi connectivity index (χ0v) is 16.7. The van der Waals surface area contributed by atoms with Gasteiger partial charge in [0.15, 0.2) is 0 Å². The summed E-state index contributed by atoms with van der Waals surface area (Å²) in [5.74, 6) is -0.00862. The molecule has 2 aliphatic rings. The summed E-state index contributed by atoms with van der Waals surface area (Å²) in [6.45, 7) is 0.297. The van der Waals surface area contributed by atoms with E-state index in [0.717, 1.165) is 5.69 Å². The molecular weight excluding hydrogens is 384 g/mol. The van der Waals surface area contributed by atoms with Gasteiger partial charge < -0.3 is 25.6 Å². The van der Waals surface area contributed by atoms with Crippen LogP contribution in [-0.2, 0) is 9.59 Å². The predicted molar refractivity (Wildman–Crippen MR) is 112 cm³/mol. The normalized spacial score (nSPS) is 20.6. The van der Waals surface area contributed by atoms with E-state index in [1.807, 2.05) is 24.3 Å². The summed E-state index contributed by atoms with van der Waals surface area (Å²) in [5.41, 5.74) is 1.21. The molecule has 0 saturated carbocycles. The molecular formula is C22H24N4O4. The number of benzene rings is 2. The van der Waals surface area contributed by atoms with E-state index in [0.29, 0.717) is 36.4 Å². The predicted octanol–water partition coefficient (Wildman–Crippen LogP) is 2.20. The lowest BCUT2D eigenvalue weighted by Crippen LogP contribution is -2.58. The minimum Gasteiger partial charge on any atom is -0.495 e. The highest BCUT2D eigenvalue weighted by atomic mass is 16.5. The number of hydrogen-bond donors (Lipinski definition) is 3. The van der Waals surface area contributed by atoms with Gasteiger partial charge in [-0.3, -0.25) is 14.4 Å². The van der Waals surface area contributed by atoms with Crippen molar-refractivity contribution >= 4 is 29.1 Å². The Hall–Kier alpha value is -3.55. The minimum atomic E-state index is -0.699. The Balaban J connectivity index is 1.43. The summed E-state index contributed by atoms with van der Waals surface area (Å²) < 4.78 is 5.25. The van der Waals surface area contributed by atoms with Gasteiger partial charge in [-0.1, -0.05) is 24.3 Å². The van der Waals surface area contributed by atoms with Gasteiger partial charge in [-0.2, -0.15) is 0 Å². The molecule has 2 heterocycles. The highest BCUT2D eigenvalue weighted by molar-refractivity contribution is 6.02. The highest BCUT2D eigenvalue weighted by Gasteiger charge is 2.40. The lowest BCUT2D eigenvalue weighted by molar-refractivity contribution is -0.134. The van der Waals surface area contributed by atoms with Crippen molar-refractivity contribution in [3.8, 4) is 5.75 Å². The Morgan fingerprint density at radius 3 is 2.70 bits per heavy atom. The third kappa shape index (κ3) is 3.94. The minimum absolute atomic E-state index is 0.0580. The first-order chi connectivity index (χ1) is 14.5. The average molecular weight is 408 g/mol. The number of hydrogen-bond acceptors (Lipinski definition) is 5. The maximum Gasteiger partial charge on any atom is 0.255 e. The maximum atomic E-state index is 12.7. The second-order valence-electron chi connectivity index (χ2n) is 7.52. The summed E-state index contributed by atoms with van der Waals surface area (Å²) in [6.07, 6.45) is 1.19. The molecule has 8 nitrogen and oxygen atoms in total. The molecule has 0 aromatic heterocycles. The van der Waals surface area contributed by atoms with E-state index in [1.54, 1.807) is 24.3 Å². The molecule has 1 spiro atoms. The van der Waals surface area contributed by atoms with Crippen molar-refractivity contribution in [1.29, 1.82) is 0 Å². The van der Waals surface area contributed by atoms with Crippen LogP contribution in [0.1, 0.15) is 29.6 Å². The van der Waals surface area contributed by atoms with Crippen LogP contribution in [0.2, 0.25) is 0 Å². The van der Waals surface area contributed by atoms with Crippen LogP contribution in [-0.4, -0.2) is 48.5 Å². The summed E-state index contributed by atoms with van der Waals surface area (Å²) in [6, 6.07) is 14.4. The second kappa shape index (κ2) is 8.06. The highest BCUT2D eigenvalue weighted by Crippen LogP contribution is 2.31. The van der Waals surface area contributed by atoms with Gasteiger partial charge >= 0.3 is 0 Å². The maximum absolute atomic E-state index is 12.7. The number of carbonyl (C=O) groups excluding carboxylic acids is 3. The smallest absolute Gasteiger partial charge is 0.255 e. The van der Waals surface area contributed by atoms with Gasteiger partial charge in [0.2, 0.25) is 11.8 Å². The number of rotatable bonds is 4. The van der Waals surface area contributed by atoms with Crippen LogP contribution in [0.5, 0.6) is 5.75 Å². The molecule has 1 unspecified atom stereocenters. The number of nitrogens with zero attached hydrogens (tertiary/aromatic N) is 1. The van der Waals surface area contributed by atoms with Crippen molar-refractivity contribution in [2.45, 2.75) is 24.9 Å². The second-order valence-corrected chi connectivity index (χ2v) is 7.52. The van der Waals surface area contributed by atoms with Crippen molar-refractivity contribution in [3.63, 3.8) is 0 Å². The van der Waals surface area contributed by atoms with E-state index in [-0.39, 0.29) is 30.7 Å². The molecule has 3 N–H and O–H groups in total. The van der Waals surface area contributed by atoms with E-state index in [1.165, 1.54) is 12.0 Å². The van der Waals surface area contributed by atoms with Crippen molar-refractivity contribution in [2.75, 3.05) is 30.8 Å². The molecule has 156 valence electrons. The standard InChI is InChI=1S/C22H24N4O4/c1-30-18-9-5-4-8-17(18)23-19(27)14-26-13-12-22(11-10-20(26)28)24-16-7-3-2-6-15(16)21(29)25-22/h2-9,24H,10-14H2,1H3,(H,23,27)(H,25,29). The summed E-state index contributed by atoms with van der Waals surface area (Å²) in [5, 5.41) is 9.23. The number of likely N-dealkylation sites (tertiary alicyclic amines) is 1. The van der Waals surface area contributed by atoms with Crippen LogP contribution in [0.15, 0.2) is 48.5 Å². The lowest BCUT2D eigenvalue weighted by atomic mass is 9.95. The molecule has 1 fully saturated rings. The number of nitrogens with one attached hydrogen (secondary N) is 3. The topological polar surface area (TPSA) is 99.8 Å². The SMILES string of the molecule is COc1ccccc1NC(=O)CN1CCC2(CCC1=O)NC(=O)c1ccccc1N2. The molecule has 4 rings (SSSR count). The van der Waals surface area contributed by atoms with Crippen molar-refractivity contribution in [1.82, 2.24) is 10.2 Å². The van der Waals surface area contributed by atoms with Gasteiger partial charge in [-0.25, -0.2) is 0 Å². The number of anilines is 2. The molecule has 30 heavy (non-hydrogen) atoms. The van der Waals surface area contributed by atoms with Crippen molar-refractivity contribution in [3.05, 3.63) is 54.1 Å². The number of para-hydroxylation sites is 3. The van der Waals surface area contributed by atoms with Crippen molar-refractivity contribution < 1.29 is 19.1 Å². The van der Waals surface area contributed by atoms with Crippen LogP contribution in [0.3, 0.4) is 0 Å². The Morgan fingerprint density at radius 1 is 1.10 bits per heavy atom. The fourth-order valence-corrected chi connectivity index (χ4v) is 3.95. The molecule has 0 bridgehead atoms. The number of carbonyl (C=O) groups is 3. The van der Waals surface area contributed by atoms with E-state index in [4.69, 9.17) is 4.74 Å². The first-order valence-electron chi connectivity index (χ1n) is 9.90. The Labute approximate surface area is 174 Å². The molecule has 2 aliphatic heterocycles. The third-order valence-corrected chi connectivity index (χ3v) is 5.54. The van der Waals surface area contributed by atoms with E-state index in [9.17, 15) is 14.4 Å². The lowest BCUT2D eigenvalue weighted by Gasteiger charge is -2.39. The fourth-order valence-electron chi connectivity index (χ4n) is 3.95. The van der Waals surface area contributed by atoms with Crippen LogP contribution >= 0.6 is 0 Å². The van der Waals surface area contributed by atoms with Crippen LogP contribution in [0.4, 0.5) is 11.4 Å². The number of ether oxygens (including phenoxy) is 1. The average Bonchev–Trinajstić information content (AvgIpc) is 2.88. The molecule has 2 aromatic carbocycles. The van der Waals surface area contributed by atoms with Gasteiger partial charge in [0.25, 0.3) is 5.91 Å². The quantitative estimate of drug-likeness (QED) is 0.720. The van der Waals surface area contributed by atoms with E-state index >= 15 is 0 Å². The summed E-state index contributed by atoms with van der Waals surface area (Å²) in [7, 11) is 1.53. The third-order valence-electron chi connectivity index (χ3n) is 5.54. The Morgan fingerprint density at radius 2 is 1.87 bits per heavy atom. The van der Waals surface area contributed by atoms with Crippen LogP contribution < -0.4 is 20.7 Å². The molecule has 1 saturated heterocycles. The van der Waals surface area contributed by atoms with E-state index in [2.05, 4.69) is 16.0 Å². The first kappa shape index (κ1) is 19.8. The first-order valence-corrected chi connectivity index (χ1v) is 9.90. The number of amides is 3. The molecule has 3 amide bonds. The number of fused-ring (bicyclic) bond motifs is 1. The molecule has 2 aromatic rings. The number of methoxy groups -OCH3 is 1. The van der Waals surface area contributed by atoms with Crippen molar-refractivity contribution in [2.24, 2.45) is 0 Å². The van der Waals surface area contributed by atoms with Crippen LogP contribution in [0, 0.1) is 0 Å². The van der Waals surface area contributed by atoms with Gasteiger partial charge in [0.05, 0.1) is 24.9 Å². The zero-order valence-electron chi connectivity index (χ0n) is 16.7. The molecule has 1 atom stereocenters. The monoisotopic (exact) mass is 408 g/mol. The molecule has 0 aliphatic carbocycles. The fraction of sp³-hybridized carbons (Fsp3) is 0.318.